The van der Waals surface area contributed by atoms with Gasteiger partial charge in [0.1, 0.15) is 12.2 Å². The van der Waals surface area contributed by atoms with Crippen LogP contribution in [0.3, 0.4) is 0 Å². The number of ether oxygens (including phenoxy) is 1. The van der Waals surface area contributed by atoms with Crippen LogP contribution in [0, 0.1) is 0 Å². The van der Waals surface area contributed by atoms with Crippen LogP contribution in [-0.4, -0.2) is 23.0 Å². The van der Waals surface area contributed by atoms with Crippen molar-refractivity contribution < 1.29 is 4.74 Å². The zero-order valence-electron chi connectivity index (χ0n) is 4.63. The van der Waals surface area contributed by atoms with Gasteiger partial charge < -0.3 is 4.74 Å². The highest BCUT2D eigenvalue weighted by atomic mass is 35.5. The quantitative estimate of drug-likeness (QED) is 0.301. The third kappa shape index (κ3) is 0.878. The van der Waals surface area contributed by atoms with E-state index < -0.39 is 0 Å². The summed E-state index contributed by atoms with van der Waals surface area (Å²) in [6, 6.07) is 0. The van der Waals surface area contributed by atoms with E-state index in [0.717, 1.165) is 0 Å². The summed E-state index contributed by atoms with van der Waals surface area (Å²) >= 11 is 11.6. The molecule has 1 fully saturated rings. The molecule has 0 bridgehead atoms. The Bertz CT molecular complexity index is 141. The fourth-order valence-corrected chi connectivity index (χ4v) is 1.65. The Labute approximate surface area is 63.6 Å². The first-order valence-corrected chi connectivity index (χ1v) is 3.78. The number of hydrogen-bond acceptors (Lipinski definition) is 1. The zero-order chi connectivity index (χ0) is 6.43. The summed E-state index contributed by atoms with van der Waals surface area (Å²) in [5.41, 5.74) is 0. The maximum atomic E-state index is 5.80. The molecule has 2 aliphatic rings. The van der Waals surface area contributed by atoms with Crippen molar-refractivity contribution >= 4 is 23.2 Å². The zero-order valence-corrected chi connectivity index (χ0v) is 6.14. The van der Waals surface area contributed by atoms with Crippen molar-refractivity contribution in [2.24, 2.45) is 0 Å². The molecule has 0 N–H and O–H groups in total. The number of halogens is 2. The lowest BCUT2D eigenvalue weighted by molar-refractivity contribution is 0.378. The third-order valence-electron chi connectivity index (χ3n) is 1.67. The highest BCUT2D eigenvalue weighted by molar-refractivity contribution is 6.25. The molecule has 50 valence electrons. The minimum Gasteiger partial charge on any atom is -0.366 e. The van der Waals surface area contributed by atoms with Crippen LogP contribution in [0.1, 0.15) is 0 Å². The van der Waals surface area contributed by atoms with Gasteiger partial charge in [0.15, 0.2) is 0 Å². The van der Waals surface area contributed by atoms with Crippen LogP contribution < -0.4 is 0 Å². The summed E-state index contributed by atoms with van der Waals surface area (Å²) in [5, 5.41) is 0.0926. The Hall–Kier alpha value is 0.280. The number of epoxide rings is 1. The highest BCUT2D eigenvalue weighted by Crippen LogP contribution is 2.38. The lowest BCUT2D eigenvalue weighted by Crippen LogP contribution is -2.18. The van der Waals surface area contributed by atoms with Gasteiger partial charge in [-0.25, -0.2) is 0 Å². The molecule has 1 heterocycles. The van der Waals surface area contributed by atoms with Crippen LogP contribution in [0.5, 0.6) is 0 Å². The second-order valence-electron chi connectivity index (χ2n) is 2.34. The Morgan fingerprint density at radius 3 is 1.89 bits per heavy atom. The van der Waals surface area contributed by atoms with Crippen molar-refractivity contribution in [2.75, 3.05) is 0 Å². The summed E-state index contributed by atoms with van der Waals surface area (Å²) in [5.74, 6) is 0. The Morgan fingerprint density at radius 1 is 1.00 bits per heavy atom. The van der Waals surface area contributed by atoms with Gasteiger partial charge in [0.25, 0.3) is 0 Å². The van der Waals surface area contributed by atoms with Crippen LogP contribution in [0.15, 0.2) is 12.2 Å². The molecule has 3 heteroatoms. The van der Waals surface area contributed by atoms with Gasteiger partial charge in [0, 0.05) is 0 Å². The largest absolute Gasteiger partial charge is 0.366 e. The van der Waals surface area contributed by atoms with E-state index in [2.05, 4.69) is 0 Å². The lowest BCUT2D eigenvalue weighted by Gasteiger charge is -2.06. The lowest BCUT2D eigenvalue weighted by atomic mass is 10.1. The molecule has 9 heavy (non-hydrogen) atoms. The monoisotopic (exact) mass is 164 g/mol. The summed E-state index contributed by atoms with van der Waals surface area (Å²) < 4.78 is 5.18. The van der Waals surface area contributed by atoms with Crippen LogP contribution in [0.4, 0.5) is 0 Å². The molecule has 0 amide bonds. The van der Waals surface area contributed by atoms with Gasteiger partial charge in [-0.1, -0.05) is 12.2 Å². The van der Waals surface area contributed by atoms with Gasteiger partial charge in [-0.2, -0.15) is 0 Å². The summed E-state index contributed by atoms with van der Waals surface area (Å²) in [4.78, 5) is 0. The molecule has 2 rings (SSSR count). The number of hydrogen-bond donors (Lipinski definition) is 0. The van der Waals surface area contributed by atoms with Gasteiger partial charge >= 0.3 is 0 Å². The second-order valence-corrected chi connectivity index (χ2v) is 3.35. The highest BCUT2D eigenvalue weighted by Gasteiger charge is 2.49. The Morgan fingerprint density at radius 2 is 1.44 bits per heavy atom. The van der Waals surface area contributed by atoms with Crippen LogP contribution in [-0.2, 0) is 4.74 Å². The standard InChI is InChI=1S/C6H6Cl2O/c7-3-1-2-4(8)6-5(3)9-6/h1-6H/t3-,4-,5-,6+/m1/s1. The second kappa shape index (κ2) is 1.88. The van der Waals surface area contributed by atoms with Gasteiger partial charge in [-0.05, 0) is 0 Å². The summed E-state index contributed by atoms with van der Waals surface area (Å²) in [6.07, 6.45) is 4.18. The molecular weight excluding hydrogens is 159 g/mol. The van der Waals surface area contributed by atoms with Crippen molar-refractivity contribution in [2.45, 2.75) is 23.0 Å². The Balaban J connectivity index is 2.15. The van der Waals surface area contributed by atoms with E-state index in [1.165, 1.54) is 0 Å². The number of alkyl halides is 2. The van der Waals surface area contributed by atoms with Crippen LogP contribution in [0.25, 0.3) is 0 Å². The molecule has 4 atom stereocenters. The molecule has 1 saturated heterocycles. The molecule has 0 radical (unpaired) electrons. The van der Waals surface area contributed by atoms with Gasteiger partial charge in [-0.3, -0.25) is 0 Å². The van der Waals surface area contributed by atoms with Gasteiger partial charge in [-0.15, -0.1) is 23.2 Å². The normalized spacial score (nSPS) is 54.9. The number of rotatable bonds is 0. The molecule has 0 aromatic carbocycles. The minimum absolute atomic E-state index is 0.0463. The van der Waals surface area contributed by atoms with E-state index >= 15 is 0 Å². The SMILES string of the molecule is Cl[C@@H]1C=C[C@@H](Cl)[C@H]2O[C@H]21. The topological polar surface area (TPSA) is 12.5 Å². The first-order valence-electron chi connectivity index (χ1n) is 2.91. The van der Waals surface area contributed by atoms with Crippen molar-refractivity contribution in [1.82, 2.24) is 0 Å². The Kier molecular flexibility index (Phi) is 1.26. The van der Waals surface area contributed by atoms with Gasteiger partial charge in [0.05, 0.1) is 10.8 Å². The van der Waals surface area contributed by atoms with Crippen molar-refractivity contribution in [1.29, 1.82) is 0 Å². The van der Waals surface area contributed by atoms with E-state index in [1.807, 2.05) is 12.2 Å². The fourth-order valence-electron chi connectivity index (χ4n) is 1.08. The average molecular weight is 165 g/mol. The maximum Gasteiger partial charge on any atom is 0.106 e. The third-order valence-corrected chi connectivity index (χ3v) is 2.46. The van der Waals surface area contributed by atoms with E-state index in [4.69, 9.17) is 27.9 Å². The van der Waals surface area contributed by atoms with Crippen LogP contribution in [0.2, 0.25) is 0 Å². The number of fused-ring (bicyclic) bond motifs is 1. The van der Waals surface area contributed by atoms with Crippen molar-refractivity contribution in [3.05, 3.63) is 12.2 Å². The molecule has 0 aromatic rings. The minimum atomic E-state index is 0.0463. The summed E-state index contributed by atoms with van der Waals surface area (Å²) in [7, 11) is 0. The molecular formula is C6H6Cl2O. The smallest absolute Gasteiger partial charge is 0.106 e. The molecule has 0 spiro atoms. The predicted molar refractivity (Wildman–Crippen MR) is 37.1 cm³/mol. The average Bonchev–Trinajstić information content (AvgIpc) is 2.57. The molecule has 0 saturated carbocycles. The van der Waals surface area contributed by atoms with E-state index in [0.29, 0.717) is 0 Å². The molecule has 1 aliphatic carbocycles. The predicted octanol–water partition coefficient (Wildman–Crippen LogP) is 1.54. The molecule has 1 nitrogen and oxygen atoms in total. The molecule has 0 unspecified atom stereocenters. The first kappa shape index (κ1) is 6.02. The fraction of sp³-hybridized carbons (Fsp3) is 0.667. The van der Waals surface area contributed by atoms with E-state index in [-0.39, 0.29) is 23.0 Å². The first-order chi connectivity index (χ1) is 4.29. The van der Waals surface area contributed by atoms with E-state index in [1.54, 1.807) is 0 Å². The molecule has 1 aliphatic heterocycles. The van der Waals surface area contributed by atoms with Crippen molar-refractivity contribution in [3.8, 4) is 0 Å². The molecule has 0 aromatic heterocycles. The van der Waals surface area contributed by atoms with Crippen molar-refractivity contribution in [3.63, 3.8) is 0 Å². The maximum absolute atomic E-state index is 5.80. The van der Waals surface area contributed by atoms with E-state index in [9.17, 15) is 0 Å². The van der Waals surface area contributed by atoms with Crippen LogP contribution >= 0.6 is 23.2 Å². The summed E-state index contributed by atoms with van der Waals surface area (Å²) in [6.45, 7) is 0. The van der Waals surface area contributed by atoms with Gasteiger partial charge in [0.2, 0.25) is 0 Å².